The lowest BCUT2D eigenvalue weighted by Gasteiger charge is -2.14. The minimum Gasteiger partial charge on any atom is -0.385 e. The van der Waals surface area contributed by atoms with Gasteiger partial charge in [0.1, 0.15) is 0 Å². The number of amides is 2. The van der Waals surface area contributed by atoms with Crippen LogP contribution < -0.4 is 16.8 Å². The molecule has 0 spiro atoms. The molecule has 20 heavy (non-hydrogen) atoms. The summed E-state index contributed by atoms with van der Waals surface area (Å²) < 4.78 is 4.91. The summed E-state index contributed by atoms with van der Waals surface area (Å²) in [6.45, 7) is 2.29. The zero-order chi connectivity index (χ0) is 15.1. The van der Waals surface area contributed by atoms with Crippen molar-refractivity contribution in [2.24, 2.45) is 11.5 Å². The van der Waals surface area contributed by atoms with Crippen LogP contribution in [-0.4, -0.2) is 31.6 Å². The highest BCUT2D eigenvalue weighted by Gasteiger charge is 2.15. The molecular weight excluding hydrogens is 258 g/mol. The minimum absolute atomic E-state index is 0.286. The van der Waals surface area contributed by atoms with Crippen LogP contribution in [0.15, 0.2) is 18.2 Å². The van der Waals surface area contributed by atoms with E-state index in [1.165, 1.54) is 0 Å². The molecule has 0 saturated carbocycles. The first-order chi connectivity index (χ1) is 9.47. The number of nitrogens with two attached hydrogens (primary N) is 2. The fraction of sp³-hybridized carbons (Fsp3) is 0.429. The summed E-state index contributed by atoms with van der Waals surface area (Å²) in [5.41, 5.74) is 12.6. The van der Waals surface area contributed by atoms with Crippen molar-refractivity contribution in [1.82, 2.24) is 0 Å². The van der Waals surface area contributed by atoms with E-state index in [0.717, 1.165) is 0 Å². The molecule has 1 atom stereocenters. The highest BCUT2D eigenvalue weighted by molar-refractivity contribution is 5.99. The number of hydrogen-bond donors (Lipinski definition) is 3. The number of hydrogen-bond acceptors (Lipinski definition) is 4. The van der Waals surface area contributed by atoms with Crippen LogP contribution in [0.25, 0.3) is 0 Å². The number of methoxy groups -OCH3 is 1. The molecule has 0 bridgehead atoms. The Morgan fingerprint density at radius 1 is 1.40 bits per heavy atom. The summed E-state index contributed by atoms with van der Waals surface area (Å²) >= 11 is 0. The number of carbonyl (C=O) groups excluding carboxylic acids is 2. The number of anilines is 1. The monoisotopic (exact) mass is 279 g/mol. The molecule has 5 N–H and O–H groups in total. The van der Waals surface area contributed by atoms with Crippen LogP contribution in [0.2, 0.25) is 0 Å². The predicted octanol–water partition coefficient (Wildman–Crippen LogP) is 0.786. The van der Waals surface area contributed by atoms with Crippen LogP contribution in [0.1, 0.15) is 28.8 Å². The Kier molecular flexibility index (Phi) is 6.14. The first-order valence-electron chi connectivity index (χ1n) is 6.42. The zero-order valence-corrected chi connectivity index (χ0v) is 11.8. The fourth-order valence-electron chi connectivity index (χ4n) is 1.84. The number of benzene rings is 1. The lowest BCUT2D eigenvalue weighted by molar-refractivity contribution is -0.117. The Hall–Kier alpha value is -1.92. The number of primary amides is 1. The quantitative estimate of drug-likeness (QED) is 0.641. The van der Waals surface area contributed by atoms with Gasteiger partial charge in [0.05, 0.1) is 6.04 Å². The van der Waals surface area contributed by atoms with Crippen LogP contribution in [0.5, 0.6) is 0 Å². The van der Waals surface area contributed by atoms with Crippen molar-refractivity contribution < 1.29 is 14.3 Å². The molecule has 0 aliphatic heterocycles. The summed E-state index contributed by atoms with van der Waals surface area (Å²) in [7, 11) is 1.60. The van der Waals surface area contributed by atoms with Gasteiger partial charge >= 0.3 is 0 Å². The van der Waals surface area contributed by atoms with Crippen LogP contribution >= 0.6 is 0 Å². The standard InChI is InChI=1S/C14H21N3O3/c1-9-10(13(16)18)5-3-7-12(9)17-14(19)11(15)6-4-8-20-2/h3,5,7,11H,4,6,8,15H2,1-2H3,(H2,16,18)(H,17,19). The molecule has 2 amide bonds. The van der Waals surface area contributed by atoms with E-state index < -0.39 is 11.9 Å². The Morgan fingerprint density at radius 3 is 2.70 bits per heavy atom. The third-order valence-corrected chi connectivity index (χ3v) is 3.06. The Morgan fingerprint density at radius 2 is 2.10 bits per heavy atom. The van der Waals surface area contributed by atoms with Crippen LogP contribution in [-0.2, 0) is 9.53 Å². The maximum atomic E-state index is 11.9. The van der Waals surface area contributed by atoms with E-state index in [4.69, 9.17) is 16.2 Å². The Balaban J connectivity index is 2.71. The van der Waals surface area contributed by atoms with Crippen molar-refractivity contribution in [2.45, 2.75) is 25.8 Å². The van der Waals surface area contributed by atoms with Crippen LogP contribution in [0.4, 0.5) is 5.69 Å². The molecule has 0 fully saturated rings. The SMILES string of the molecule is COCCCC(N)C(=O)Nc1cccc(C(N)=O)c1C. The second-order valence-electron chi connectivity index (χ2n) is 4.57. The lowest BCUT2D eigenvalue weighted by Crippen LogP contribution is -2.36. The minimum atomic E-state index is -0.609. The molecule has 1 rings (SSSR count). The molecule has 0 heterocycles. The summed E-state index contributed by atoms with van der Waals surface area (Å²) in [4.78, 5) is 23.2. The molecule has 110 valence electrons. The van der Waals surface area contributed by atoms with Crippen LogP contribution in [0, 0.1) is 6.92 Å². The summed E-state index contributed by atoms with van der Waals surface area (Å²) in [6.07, 6.45) is 1.25. The summed E-state index contributed by atoms with van der Waals surface area (Å²) in [5, 5.41) is 2.72. The average Bonchev–Trinajstić information content (AvgIpc) is 2.40. The second kappa shape index (κ2) is 7.62. The van der Waals surface area contributed by atoms with Crippen molar-refractivity contribution in [1.29, 1.82) is 0 Å². The third-order valence-electron chi connectivity index (χ3n) is 3.06. The smallest absolute Gasteiger partial charge is 0.249 e. The molecule has 1 unspecified atom stereocenters. The molecular formula is C14H21N3O3. The number of rotatable bonds is 7. The van der Waals surface area contributed by atoms with Gasteiger partial charge in [-0.05, 0) is 37.5 Å². The van der Waals surface area contributed by atoms with Gasteiger partial charge in [-0.3, -0.25) is 9.59 Å². The van der Waals surface area contributed by atoms with Crippen molar-refractivity contribution in [2.75, 3.05) is 19.0 Å². The van der Waals surface area contributed by atoms with Crippen molar-refractivity contribution in [3.63, 3.8) is 0 Å². The molecule has 0 aliphatic carbocycles. The maximum absolute atomic E-state index is 11.9. The molecule has 0 aromatic heterocycles. The number of ether oxygens (including phenoxy) is 1. The second-order valence-corrected chi connectivity index (χ2v) is 4.57. The largest absolute Gasteiger partial charge is 0.385 e. The summed E-state index contributed by atoms with van der Waals surface area (Å²) in [5.74, 6) is -0.811. The number of nitrogens with one attached hydrogen (secondary N) is 1. The van der Waals surface area contributed by atoms with Gasteiger partial charge < -0.3 is 21.5 Å². The van der Waals surface area contributed by atoms with Gasteiger partial charge in [-0.2, -0.15) is 0 Å². The Bertz CT molecular complexity index is 489. The van der Waals surface area contributed by atoms with Gasteiger partial charge in [-0.25, -0.2) is 0 Å². The van der Waals surface area contributed by atoms with E-state index in [0.29, 0.717) is 36.3 Å². The molecule has 0 aliphatic rings. The van der Waals surface area contributed by atoms with E-state index in [1.807, 2.05) is 0 Å². The van der Waals surface area contributed by atoms with Gasteiger partial charge in [0.25, 0.3) is 0 Å². The van der Waals surface area contributed by atoms with Gasteiger partial charge in [0.15, 0.2) is 0 Å². The van der Waals surface area contributed by atoms with E-state index >= 15 is 0 Å². The molecule has 6 nitrogen and oxygen atoms in total. The molecule has 0 radical (unpaired) electrons. The fourth-order valence-corrected chi connectivity index (χ4v) is 1.84. The third kappa shape index (κ3) is 4.32. The van der Waals surface area contributed by atoms with Gasteiger partial charge in [0, 0.05) is 25.0 Å². The average molecular weight is 279 g/mol. The topological polar surface area (TPSA) is 107 Å². The maximum Gasteiger partial charge on any atom is 0.249 e. The van der Waals surface area contributed by atoms with E-state index in [2.05, 4.69) is 5.32 Å². The van der Waals surface area contributed by atoms with Crippen molar-refractivity contribution in [3.05, 3.63) is 29.3 Å². The lowest BCUT2D eigenvalue weighted by atomic mass is 10.1. The molecule has 6 heteroatoms. The summed E-state index contributed by atoms with van der Waals surface area (Å²) in [6, 6.07) is 4.38. The van der Waals surface area contributed by atoms with Crippen molar-refractivity contribution >= 4 is 17.5 Å². The van der Waals surface area contributed by atoms with E-state index in [9.17, 15) is 9.59 Å². The zero-order valence-electron chi connectivity index (χ0n) is 11.8. The number of carbonyl (C=O) groups is 2. The predicted molar refractivity (Wildman–Crippen MR) is 77.4 cm³/mol. The first kappa shape index (κ1) is 16.1. The van der Waals surface area contributed by atoms with Crippen molar-refractivity contribution in [3.8, 4) is 0 Å². The normalized spacial score (nSPS) is 11.9. The highest BCUT2D eigenvalue weighted by Crippen LogP contribution is 2.18. The van der Waals surface area contributed by atoms with Gasteiger partial charge in [-0.1, -0.05) is 6.07 Å². The van der Waals surface area contributed by atoms with Gasteiger partial charge in [0.2, 0.25) is 11.8 Å². The van der Waals surface area contributed by atoms with E-state index in [1.54, 1.807) is 32.2 Å². The van der Waals surface area contributed by atoms with Gasteiger partial charge in [-0.15, -0.1) is 0 Å². The molecule has 0 saturated heterocycles. The van der Waals surface area contributed by atoms with Crippen LogP contribution in [0.3, 0.4) is 0 Å². The highest BCUT2D eigenvalue weighted by atomic mass is 16.5. The first-order valence-corrected chi connectivity index (χ1v) is 6.42. The van der Waals surface area contributed by atoms with E-state index in [-0.39, 0.29) is 5.91 Å². The molecule has 1 aromatic rings. The Labute approximate surface area is 118 Å². The molecule has 1 aromatic carbocycles.